The second-order valence-corrected chi connectivity index (χ2v) is 3.89. The van der Waals surface area contributed by atoms with E-state index >= 15 is 0 Å². The van der Waals surface area contributed by atoms with E-state index in [1.807, 2.05) is 0 Å². The number of carbonyl (C=O) groups excluding carboxylic acids is 1. The highest BCUT2D eigenvalue weighted by Crippen LogP contribution is 2.31. The Balaban J connectivity index is 2.45. The summed E-state index contributed by atoms with van der Waals surface area (Å²) >= 11 is 0. The van der Waals surface area contributed by atoms with Crippen LogP contribution in [0.4, 0.5) is 0 Å². The smallest absolute Gasteiger partial charge is 0.338 e. The van der Waals surface area contributed by atoms with Crippen LogP contribution in [0, 0.1) is 0 Å². The Morgan fingerprint density at radius 1 is 1.21 bits per heavy atom. The molecule has 0 unspecified atom stereocenters. The van der Waals surface area contributed by atoms with Crippen molar-refractivity contribution >= 4 is 5.97 Å². The average molecular weight is 256 g/mol. The van der Waals surface area contributed by atoms with Crippen LogP contribution in [0.15, 0.2) is 48.8 Å². The van der Waals surface area contributed by atoms with E-state index in [9.17, 15) is 9.90 Å². The third-order valence-electron chi connectivity index (χ3n) is 2.33. The molecule has 0 saturated heterocycles. The highest BCUT2D eigenvalue weighted by atomic mass is 16.5. The van der Waals surface area contributed by atoms with Crippen LogP contribution < -0.4 is 4.74 Å². The summed E-state index contributed by atoms with van der Waals surface area (Å²) in [4.78, 5) is 19.7. The van der Waals surface area contributed by atoms with E-state index in [-0.39, 0.29) is 22.8 Å². The lowest BCUT2D eigenvalue weighted by molar-refractivity contribution is -0.130. The molecule has 0 aromatic carbocycles. The third-order valence-corrected chi connectivity index (χ3v) is 2.33. The van der Waals surface area contributed by atoms with Crippen molar-refractivity contribution in [3.63, 3.8) is 0 Å². The maximum absolute atomic E-state index is 11.5. The molecule has 96 valence electrons. The first-order valence-electron chi connectivity index (χ1n) is 5.56. The van der Waals surface area contributed by atoms with Gasteiger partial charge in [0.2, 0.25) is 0 Å². The van der Waals surface area contributed by atoms with E-state index in [4.69, 9.17) is 4.74 Å². The van der Waals surface area contributed by atoms with Gasteiger partial charge in [0, 0.05) is 18.0 Å². The summed E-state index contributed by atoms with van der Waals surface area (Å²) in [5.74, 6) is -0.358. The molecule has 0 atom stereocenters. The van der Waals surface area contributed by atoms with Crippen LogP contribution in [-0.4, -0.2) is 21.0 Å². The molecule has 5 heteroatoms. The van der Waals surface area contributed by atoms with Crippen molar-refractivity contribution in [1.29, 1.82) is 0 Å². The summed E-state index contributed by atoms with van der Waals surface area (Å²) in [7, 11) is 0. The van der Waals surface area contributed by atoms with Gasteiger partial charge in [0.05, 0.1) is 0 Å². The fraction of sp³-hybridized carbons (Fsp3) is 0.0714. The van der Waals surface area contributed by atoms with Gasteiger partial charge in [-0.3, -0.25) is 9.97 Å². The van der Waals surface area contributed by atoms with Gasteiger partial charge in [-0.25, -0.2) is 4.79 Å². The third kappa shape index (κ3) is 2.77. The first-order valence-corrected chi connectivity index (χ1v) is 5.56. The largest absolute Gasteiger partial charge is 0.506 e. The van der Waals surface area contributed by atoms with E-state index in [2.05, 4.69) is 16.5 Å². The summed E-state index contributed by atoms with van der Waals surface area (Å²) in [6.45, 7) is 5.06. The summed E-state index contributed by atoms with van der Waals surface area (Å²) in [5.41, 5.74) is 0.836. The van der Waals surface area contributed by atoms with Gasteiger partial charge in [0.1, 0.15) is 17.1 Å². The molecule has 0 saturated carbocycles. The van der Waals surface area contributed by atoms with Gasteiger partial charge in [0.25, 0.3) is 0 Å². The normalized spacial score (nSPS) is 9.95. The van der Waals surface area contributed by atoms with E-state index in [1.54, 1.807) is 25.1 Å². The van der Waals surface area contributed by atoms with Crippen molar-refractivity contribution < 1.29 is 14.6 Å². The molecule has 0 aliphatic heterocycles. The molecule has 0 amide bonds. The first kappa shape index (κ1) is 12.8. The van der Waals surface area contributed by atoms with Gasteiger partial charge in [-0.1, -0.05) is 6.58 Å². The Morgan fingerprint density at radius 2 is 1.84 bits per heavy atom. The average Bonchev–Trinajstić information content (AvgIpc) is 2.40. The van der Waals surface area contributed by atoms with Crippen LogP contribution in [0.25, 0.3) is 11.4 Å². The summed E-state index contributed by atoms with van der Waals surface area (Å²) in [6.07, 6.45) is 3.05. The van der Waals surface area contributed by atoms with Crippen molar-refractivity contribution in [3.05, 3.63) is 48.8 Å². The second-order valence-electron chi connectivity index (χ2n) is 3.89. The quantitative estimate of drug-likeness (QED) is 0.674. The number of hydrogen-bond donors (Lipinski definition) is 1. The van der Waals surface area contributed by atoms with E-state index in [1.165, 1.54) is 18.5 Å². The zero-order chi connectivity index (χ0) is 13.8. The molecule has 1 N–H and O–H groups in total. The van der Waals surface area contributed by atoms with Crippen LogP contribution in [-0.2, 0) is 4.79 Å². The topological polar surface area (TPSA) is 72.3 Å². The van der Waals surface area contributed by atoms with Gasteiger partial charge in [0.15, 0.2) is 5.75 Å². The molecule has 0 aliphatic rings. The molecule has 2 aromatic heterocycles. The highest BCUT2D eigenvalue weighted by Gasteiger charge is 2.15. The Kier molecular flexibility index (Phi) is 3.56. The molecule has 5 nitrogen and oxygen atoms in total. The number of esters is 1. The SMILES string of the molecule is C=C(C)C(=O)Oc1cccnc1-c1ncccc1O. The van der Waals surface area contributed by atoms with Gasteiger partial charge in [-0.05, 0) is 31.2 Å². The van der Waals surface area contributed by atoms with E-state index < -0.39 is 5.97 Å². The molecule has 0 fully saturated rings. The van der Waals surface area contributed by atoms with Crippen molar-refractivity contribution in [2.24, 2.45) is 0 Å². The molecule has 2 heterocycles. The zero-order valence-corrected chi connectivity index (χ0v) is 10.3. The molecule has 0 spiro atoms. The Hall–Kier alpha value is -2.69. The van der Waals surface area contributed by atoms with Gasteiger partial charge >= 0.3 is 5.97 Å². The molecular weight excluding hydrogens is 244 g/mol. The lowest BCUT2D eigenvalue weighted by Gasteiger charge is -2.09. The van der Waals surface area contributed by atoms with Gasteiger partial charge in [-0.15, -0.1) is 0 Å². The summed E-state index contributed by atoms with van der Waals surface area (Å²) < 4.78 is 5.16. The predicted molar refractivity (Wildman–Crippen MR) is 69.6 cm³/mol. The number of nitrogens with zero attached hydrogens (tertiary/aromatic N) is 2. The zero-order valence-electron chi connectivity index (χ0n) is 10.3. The minimum atomic E-state index is -0.551. The number of ether oxygens (including phenoxy) is 1. The number of aromatic hydroxyl groups is 1. The van der Waals surface area contributed by atoms with Crippen LogP contribution in [0.3, 0.4) is 0 Å². The highest BCUT2D eigenvalue weighted by molar-refractivity contribution is 5.89. The number of rotatable bonds is 3. The Labute approximate surface area is 110 Å². The molecule has 0 bridgehead atoms. The fourth-order valence-corrected chi connectivity index (χ4v) is 1.42. The number of pyridine rings is 2. The molecule has 19 heavy (non-hydrogen) atoms. The molecule has 0 aliphatic carbocycles. The lowest BCUT2D eigenvalue weighted by atomic mass is 10.2. The van der Waals surface area contributed by atoms with E-state index in [0.717, 1.165) is 0 Å². The molecule has 2 rings (SSSR count). The molecule has 2 aromatic rings. The maximum atomic E-state index is 11.5. The monoisotopic (exact) mass is 256 g/mol. The van der Waals surface area contributed by atoms with Crippen molar-refractivity contribution in [2.75, 3.05) is 0 Å². The van der Waals surface area contributed by atoms with Gasteiger partial charge < -0.3 is 9.84 Å². The summed E-state index contributed by atoms with van der Waals surface area (Å²) in [5, 5.41) is 9.77. The minimum absolute atomic E-state index is 0.0335. The lowest BCUT2D eigenvalue weighted by Crippen LogP contribution is -2.09. The van der Waals surface area contributed by atoms with E-state index in [0.29, 0.717) is 5.69 Å². The predicted octanol–water partition coefficient (Wildman–Crippen LogP) is 2.33. The Bertz CT molecular complexity index is 638. The second kappa shape index (κ2) is 5.30. The van der Waals surface area contributed by atoms with Crippen LogP contribution in [0.2, 0.25) is 0 Å². The maximum Gasteiger partial charge on any atom is 0.338 e. The molecular formula is C14H12N2O3. The Morgan fingerprint density at radius 3 is 2.47 bits per heavy atom. The van der Waals surface area contributed by atoms with Crippen LogP contribution in [0.1, 0.15) is 6.92 Å². The number of carbonyl (C=O) groups is 1. The number of aromatic nitrogens is 2. The first-order chi connectivity index (χ1) is 9.09. The molecule has 0 radical (unpaired) electrons. The fourth-order valence-electron chi connectivity index (χ4n) is 1.42. The van der Waals surface area contributed by atoms with Crippen LogP contribution in [0.5, 0.6) is 11.5 Å². The standard InChI is InChI=1S/C14H12N2O3/c1-9(2)14(18)19-11-6-4-8-16-13(11)12-10(17)5-3-7-15-12/h3-8,17H,1H2,2H3. The van der Waals surface area contributed by atoms with Crippen molar-refractivity contribution in [1.82, 2.24) is 9.97 Å². The summed E-state index contributed by atoms with van der Waals surface area (Å²) in [6, 6.07) is 6.30. The van der Waals surface area contributed by atoms with Crippen LogP contribution >= 0.6 is 0 Å². The van der Waals surface area contributed by atoms with Gasteiger partial charge in [-0.2, -0.15) is 0 Å². The minimum Gasteiger partial charge on any atom is -0.506 e. The number of hydrogen-bond acceptors (Lipinski definition) is 5. The van der Waals surface area contributed by atoms with Crippen molar-refractivity contribution in [2.45, 2.75) is 6.92 Å². The van der Waals surface area contributed by atoms with Crippen molar-refractivity contribution in [3.8, 4) is 22.9 Å².